The molecule has 0 spiro atoms. The summed E-state index contributed by atoms with van der Waals surface area (Å²) < 4.78 is 58.8. The summed E-state index contributed by atoms with van der Waals surface area (Å²) in [6.45, 7) is 1.62. The first-order valence-corrected chi connectivity index (χ1v) is 10.9. The average Bonchev–Trinajstić information content (AvgIpc) is 2.61. The van der Waals surface area contributed by atoms with E-state index in [0.717, 1.165) is 12.1 Å². The number of sulfonamides is 1. The highest BCUT2D eigenvalue weighted by atomic mass is 32.2. The molecule has 3 rings (SSSR count). The van der Waals surface area contributed by atoms with E-state index in [4.69, 9.17) is 4.74 Å². The number of carbonyl (C=O) groups is 1. The highest BCUT2D eigenvalue weighted by molar-refractivity contribution is 7.88. The summed E-state index contributed by atoms with van der Waals surface area (Å²) in [5, 5.41) is 0. The highest BCUT2D eigenvalue weighted by Crippen LogP contribution is 2.26. The zero-order chi connectivity index (χ0) is 19.6. The van der Waals surface area contributed by atoms with Crippen LogP contribution in [0.4, 0.5) is 8.78 Å². The lowest BCUT2D eigenvalue weighted by molar-refractivity contribution is 0.0341. The first-order chi connectivity index (χ1) is 12.8. The number of hydrogen-bond donors (Lipinski definition) is 0. The lowest BCUT2D eigenvalue weighted by Crippen LogP contribution is -2.55. The van der Waals surface area contributed by atoms with E-state index in [2.05, 4.69) is 0 Å². The maximum Gasteiger partial charge on any atom is 0.256 e. The number of carbonyl (C=O) groups excluding carboxylic acids is 1. The Morgan fingerprint density at radius 2 is 1.89 bits per heavy atom. The summed E-state index contributed by atoms with van der Waals surface area (Å²) in [6.07, 6.45) is 3.67. The zero-order valence-electron chi connectivity index (χ0n) is 15.2. The summed E-state index contributed by atoms with van der Waals surface area (Å²) in [6, 6.07) is 2.34. The van der Waals surface area contributed by atoms with Crippen LogP contribution in [0.15, 0.2) is 18.2 Å². The Morgan fingerprint density at radius 1 is 1.19 bits per heavy atom. The molecule has 6 nitrogen and oxygen atoms in total. The summed E-state index contributed by atoms with van der Waals surface area (Å²) in [7, 11) is -3.48. The largest absolute Gasteiger partial charge is 0.381 e. The molecular formula is C18H24F2N2O4S. The minimum absolute atomic E-state index is 0.156. The maximum atomic E-state index is 14.0. The van der Waals surface area contributed by atoms with Gasteiger partial charge in [0.05, 0.1) is 11.8 Å². The van der Waals surface area contributed by atoms with Crippen LogP contribution in [-0.2, 0) is 14.8 Å². The van der Waals surface area contributed by atoms with E-state index in [9.17, 15) is 22.0 Å². The fourth-order valence-electron chi connectivity index (χ4n) is 3.96. The van der Waals surface area contributed by atoms with Gasteiger partial charge in [-0.05, 0) is 37.8 Å². The Balaban J connectivity index is 1.80. The molecule has 1 aromatic rings. The van der Waals surface area contributed by atoms with E-state index < -0.39 is 27.6 Å². The second kappa shape index (κ2) is 8.20. The van der Waals surface area contributed by atoms with Crippen LogP contribution in [0, 0.1) is 11.6 Å². The van der Waals surface area contributed by atoms with Gasteiger partial charge in [-0.2, -0.15) is 4.31 Å². The summed E-state index contributed by atoms with van der Waals surface area (Å²) >= 11 is 0. The zero-order valence-corrected chi connectivity index (χ0v) is 16.1. The number of halogens is 2. The van der Waals surface area contributed by atoms with Crippen LogP contribution in [0.25, 0.3) is 0 Å². The van der Waals surface area contributed by atoms with E-state index in [1.807, 2.05) is 0 Å². The van der Waals surface area contributed by atoms with Crippen LogP contribution >= 0.6 is 0 Å². The molecule has 150 valence electrons. The van der Waals surface area contributed by atoms with Crippen molar-refractivity contribution in [1.82, 2.24) is 9.21 Å². The van der Waals surface area contributed by atoms with E-state index in [-0.39, 0.29) is 24.2 Å². The van der Waals surface area contributed by atoms with Gasteiger partial charge >= 0.3 is 0 Å². The average molecular weight is 402 g/mol. The molecule has 27 heavy (non-hydrogen) atoms. The first kappa shape index (κ1) is 20.2. The molecule has 2 heterocycles. The van der Waals surface area contributed by atoms with Gasteiger partial charge in [0.25, 0.3) is 5.91 Å². The molecule has 0 N–H and O–H groups in total. The fourth-order valence-corrected chi connectivity index (χ4v) is 5.43. The van der Waals surface area contributed by atoms with E-state index in [1.54, 1.807) is 0 Å². The van der Waals surface area contributed by atoms with E-state index in [1.165, 1.54) is 15.5 Å². The molecule has 2 aliphatic rings. The Labute approximate surface area is 158 Å². The molecule has 9 heteroatoms. The normalized spacial score (nSPS) is 22.2. The van der Waals surface area contributed by atoms with Gasteiger partial charge in [-0.1, -0.05) is 0 Å². The maximum absolute atomic E-state index is 14.0. The fraction of sp³-hybridized carbons (Fsp3) is 0.611. The molecule has 0 aromatic heterocycles. The molecule has 0 radical (unpaired) electrons. The third-order valence-electron chi connectivity index (χ3n) is 5.14. The van der Waals surface area contributed by atoms with Crippen LogP contribution in [0.2, 0.25) is 0 Å². The monoisotopic (exact) mass is 402 g/mol. The van der Waals surface area contributed by atoms with Gasteiger partial charge in [0.2, 0.25) is 10.0 Å². The Bertz CT molecular complexity index is 797. The summed E-state index contributed by atoms with van der Waals surface area (Å²) in [5.41, 5.74) is -0.200. The van der Waals surface area contributed by atoms with Crippen molar-refractivity contribution >= 4 is 15.9 Å². The van der Waals surface area contributed by atoms with Gasteiger partial charge in [0.1, 0.15) is 11.6 Å². The van der Waals surface area contributed by atoms with Gasteiger partial charge in [0, 0.05) is 44.5 Å². The number of likely N-dealkylation sites (tertiary alicyclic amines) is 1. The molecule has 0 bridgehead atoms. The van der Waals surface area contributed by atoms with Crippen LogP contribution in [0.1, 0.15) is 36.0 Å². The number of amides is 1. The van der Waals surface area contributed by atoms with Gasteiger partial charge < -0.3 is 9.64 Å². The molecule has 2 aliphatic heterocycles. The summed E-state index contributed by atoms with van der Waals surface area (Å²) in [5.74, 6) is -2.20. The van der Waals surface area contributed by atoms with E-state index in [0.29, 0.717) is 51.5 Å². The number of benzene rings is 1. The summed E-state index contributed by atoms with van der Waals surface area (Å²) in [4.78, 5) is 14.2. The van der Waals surface area contributed by atoms with Crippen molar-refractivity contribution in [3.63, 3.8) is 0 Å². The SMILES string of the molecule is CS(=O)(=O)N(C1CCOCC1)C1CCCN(C(=O)c2ccc(F)cc2F)C1. The van der Waals surface area contributed by atoms with Crippen LogP contribution in [0.3, 0.4) is 0 Å². The van der Waals surface area contributed by atoms with Gasteiger partial charge in [-0.25, -0.2) is 17.2 Å². The standard InChI is InChI=1S/C18H24F2N2O4S/c1-27(24,25)22(14-6-9-26-10-7-14)15-3-2-8-21(12-15)18(23)16-5-4-13(19)11-17(16)20/h4-5,11,14-15H,2-3,6-10,12H2,1H3. The molecule has 2 saturated heterocycles. The minimum Gasteiger partial charge on any atom is -0.381 e. The number of rotatable bonds is 4. The highest BCUT2D eigenvalue weighted by Gasteiger charge is 2.38. The van der Waals surface area contributed by atoms with Crippen molar-refractivity contribution in [2.75, 3.05) is 32.6 Å². The molecule has 1 aromatic carbocycles. The van der Waals surface area contributed by atoms with Crippen LogP contribution in [0.5, 0.6) is 0 Å². The predicted molar refractivity (Wildman–Crippen MR) is 95.8 cm³/mol. The molecule has 0 aliphatic carbocycles. The van der Waals surface area contributed by atoms with Crippen molar-refractivity contribution in [1.29, 1.82) is 0 Å². The van der Waals surface area contributed by atoms with Crippen molar-refractivity contribution in [2.24, 2.45) is 0 Å². The molecule has 0 saturated carbocycles. The Kier molecular flexibility index (Phi) is 6.12. The van der Waals surface area contributed by atoms with Crippen LogP contribution < -0.4 is 0 Å². The third kappa shape index (κ3) is 4.64. The Hall–Kier alpha value is -1.58. The smallest absolute Gasteiger partial charge is 0.256 e. The second-order valence-corrected chi connectivity index (χ2v) is 9.00. The first-order valence-electron chi connectivity index (χ1n) is 9.08. The lowest BCUT2D eigenvalue weighted by atomic mass is 10.0. The van der Waals surface area contributed by atoms with Crippen LogP contribution in [-0.4, -0.2) is 68.2 Å². The van der Waals surface area contributed by atoms with Gasteiger partial charge in [-0.3, -0.25) is 4.79 Å². The molecule has 1 atom stereocenters. The predicted octanol–water partition coefficient (Wildman–Crippen LogP) is 2.01. The number of piperidine rings is 1. The quantitative estimate of drug-likeness (QED) is 0.773. The van der Waals surface area contributed by atoms with Crippen molar-refractivity contribution in [3.8, 4) is 0 Å². The van der Waals surface area contributed by atoms with Gasteiger partial charge in [0.15, 0.2) is 0 Å². The number of ether oxygens (including phenoxy) is 1. The third-order valence-corrected chi connectivity index (χ3v) is 6.50. The lowest BCUT2D eigenvalue weighted by Gasteiger charge is -2.42. The van der Waals surface area contributed by atoms with Crippen molar-refractivity contribution in [2.45, 2.75) is 37.8 Å². The molecule has 2 fully saturated rings. The second-order valence-electron chi connectivity index (χ2n) is 7.11. The topological polar surface area (TPSA) is 66.9 Å². The Morgan fingerprint density at radius 3 is 2.52 bits per heavy atom. The minimum atomic E-state index is -3.48. The van der Waals surface area contributed by atoms with Crippen molar-refractivity contribution < 1.29 is 26.7 Å². The number of nitrogens with zero attached hydrogens (tertiary/aromatic N) is 2. The number of hydrogen-bond acceptors (Lipinski definition) is 4. The van der Waals surface area contributed by atoms with Gasteiger partial charge in [-0.15, -0.1) is 0 Å². The molecule has 1 amide bonds. The molecular weight excluding hydrogens is 378 g/mol. The van der Waals surface area contributed by atoms with E-state index >= 15 is 0 Å². The van der Waals surface area contributed by atoms with Crippen molar-refractivity contribution in [3.05, 3.63) is 35.4 Å². The molecule has 1 unspecified atom stereocenters.